The first kappa shape index (κ1) is 19.4. The van der Waals surface area contributed by atoms with Gasteiger partial charge in [-0.25, -0.2) is 4.79 Å². The summed E-state index contributed by atoms with van der Waals surface area (Å²) in [6.07, 6.45) is 2.49. The van der Waals surface area contributed by atoms with Crippen LogP contribution in [0.25, 0.3) is 11.1 Å². The van der Waals surface area contributed by atoms with Gasteiger partial charge in [0.15, 0.2) is 0 Å². The van der Waals surface area contributed by atoms with Crippen LogP contribution in [0.15, 0.2) is 66.7 Å². The van der Waals surface area contributed by atoms with Gasteiger partial charge in [-0.05, 0) is 58.4 Å². The highest BCUT2D eigenvalue weighted by Crippen LogP contribution is 2.37. The molecule has 2 N–H and O–H groups in total. The van der Waals surface area contributed by atoms with Gasteiger partial charge in [0.25, 0.3) is 0 Å². The maximum absolute atomic E-state index is 12.4. The number of anilines is 1. The second-order valence-electron chi connectivity index (χ2n) is 8.25. The molecule has 5 heteroatoms. The lowest BCUT2D eigenvalue weighted by Gasteiger charge is -2.16. The molecule has 0 unspecified atom stereocenters. The lowest BCUT2D eigenvalue weighted by molar-refractivity contribution is -0.128. The van der Waals surface area contributed by atoms with Gasteiger partial charge in [0.2, 0.25) is 5.91 Å². The van der Waals surface area contributed by atoms with E-state index >= 15 is 0 Å². The van der Waals surface area contributed by atoms with Crippen molar-refractivity contribution in [2.24, 2.45) is 0 Å². The van der Waals surface area contributed by atoms with E-state index < -0.39 is 0 Å². The summed E-state index contributed by atoms with van der Waals surface area (Å²) >= 11 is 0. The first-order valence-corrected chi connectivity index (χ1v) is 10.8. The summed E-state index contributed by atoms with van der Waals surface area (Å²) in [5.41, 5.74) is 8.00. The van der Waals surface area contributed by atoms with Crippen molar-refractivity contribution in [1.82, 2.24) is 10.2 Å². The van der Waals surface area contributed by atoms with E-state index in [1.165, 1.54) is 22.3 Å². The number of carbonyl (C=O) groups excluding carboxylic acids is 2. The largest absolute Gasteiger partial charge is 0.338 e. The highest BCUT2D eigenvalue weighted by atomic mass is 16.2. The zero-order valence-electron chi connectivity index (χ0n) is 17.4. The van der Waals surface area contributed by atoms with Crippen LogP contribution in [-0.2, 0) is 24.3 Å². The maximum Gasteiger partial charge on any atom is 0.319 e. The first-order valence-electron chi connectivity index (χ1n) is 10.8. The van der Waals surface area contributed by atoms with Crippen LogP contribution in [-0.4, -0.2) is 23.4 Å². The van der Waals surface area contributed by atoms with Crippen molar-refractivity contribution in [1.29, 1.82) is 0 Å². The molecule has 2 aliphatic rings. The van der Waals surface area contributed by atoms with Crippen molar-refractivity contribution in [3.8, 4) is 11.1 Å². The van der Waals surface area contributed by atoms with E-state index in [4.69, 9.17) is 0 Å². The molecular weight excluding hydrogens is 386 g/mol. The molecule has 31 heavy (non-hydrogen) atoms. The Morgan fingerprint density at radius 2 is 1.74 bits per heavy atom. The van der Waals surface area contributed by atoms with Gasteiger partial charge in [0, 0.05) is 31.7 Å². The van der Waals surface area contributed by atoms with E-state index in [1.807, 2.05) is 29.2 Å². The number of hydrogen-bond acceptors (Lipinski definition) is 2. The normalized spacial score (nSPS) is 14.3. The number of nitrogens with zero attached hydrogens (tertiary/aromatic N) is 1. The fourth-order valence-electron chi connectivity index (χ4n) is 4.51. The van der Waals surface area contributed by atoms with Gasteiger partial charge < -0.3 is 15.5 Å². The number of fused-ring (bicyclic) bond motifs is 3. The molecule has 1 heterocycles. The minimum absolute atomic E-state index is 0.223. The zero-order chi connectivity index (χ0) is 21.2. The van der Waals surface area contributed by atoms with Crippen molar-refractivity contribution in [2.75, 3.05) is 11.9 Å². The standard InChI is InChI=1S/C26H25N3O2/c30-25-9-4-12-29(25)17-19-6-3-5-18(13-19)16-27-26(31)28-22-10-11-24-21(15-22)14-20-7-1-2-8-23(20)24/h1-3,5-8,10-11,13,15H,4,9,12,14,16-17H2,(H2,27,28,31). The SMILES string of the molecule is O=C(NCc1cccc(CN2CCCC2=O)c1)Nc1ccc2c(c1)Cc1ccccc1-2. The van der Waals surface area contributed by atoms with Gasteiger partial charge in [0.1, 0.15) is 0 Å². The second-order valence-corrected chi connectivity index (χ2v) is 8.25. The minimum Gasteiger partial charge on any atom is -0.338 e. The van der Waals surface area contributed by atoms with E-state index in [-0.39, 0.29) is 11.9 Å². The summed E-state index contributed by atoms with van der Waals surface area (Å²) in [5, 5.41) is 5.88. The Bertz CT molecular complexity index is 1150. The van der Waals surface area contributed by atoms with E-state index in [9.17, 15) is 9.59 Å². The number of rotatable bonds is 5. The van der Waals surface area contributed by atoms with Crippen LogP contribution in [0.4, 0.5) is 10.5 Å². The number of carbonyl (C=O) groups is 2. The quantitative estimate of drug-likeness (QED) is 0.500. The Labute approximate surface area is 182 Å². The number of likely N-dealkylation sites (tertiary alicyclic amines) is 1. The van der Waals surface area contributed by atoms with Crippen molar-refractivity contribution in [3.63, 3.8) is 0 Å². The van der Waals surface area contributed by atoms with Gasteiger partial charge in [-0.15, -0.1) is 0 Å². The number of nitrogens with one attached hydrogen (secondary N) is 2. The molecule has 1 fully saturated rings. The fourth-order valence-corrected chi connectivity index (χ4v) is 4.51. The molecule has 0 saturated carbocycles. The Morgan fingerprint density at radius 1 is 0.903 bits per heavy atom. The van der Waals surface area contributed by atoms with Gasteiger partial charge in [-0.3, -0.25) is 4.79 Å². The number of hydrogen-bond donors (Lipinski definition) is 2. The van der Waals surface area contributed by atoms with Crippen molar-refractivity contribution >= 4 is 17.6 Å². The lowest BCUT2D eigenvalue weighted by atomic mass is 10.1. The topological polar surface area (TPSA) is 61.4 Å². The Kier molecular flexibility index (Phi) is 5.16. The molecule has 0 bridgehead atoms. The smallest absolute Gasteiger partial charge is 0.319 e. The third-order valence-corrected chi connectivity index (χ3v) is 6.04. The Morgan fingerprint density at radius 3 is 2.61 bits per heavy atom. The van der Waals surface area contributed by atoms with Crippen LogP contribution in [0.2, 0.25) is 0 Å². The van der Waals surface area contributed by atoms with Crippen LogP contribution in [0.1, 0.15) is 35.1 Å². The van der Waals surface area contributed by atoms with E-state index in [0.29, 0.717) is 19.5 Å². The number of amides is 3. The maximum atomic E-state index is 12.4. The molecule has 1 saturated heterocycles. The summed E-state index contributed by atoms with van der Waals surface area (Å²) in [6.45, 7) is 1.90. The molecule has 0 atom stereocenters. The number of benzene rings is 3. The van der Waals surface area contributed by atoms with E-state index in [0.717, 1.165) is 36.2 Å². The first-order chi connectivity index (χ1) is 15.2. The molecule has 0 aromatic heterocycles. The third kappa shape index (κ3) is 4.17. The van der Waals surface area contributed by atoms with Crippen LogP contribution >= 0.6 is 0 Å². The summed E-state index contributed by atoms with van der Waals surface area (Å²) in [6, 6.07) is 22.3. The highest BCUT2D eigenvalue weighted by molar-refractivity contribution is 5.90. The average molecular weight is 412 g/mol. The van der Waals surface area contributed by atoms with Gasteiger partial charge >= 0.3 is 6.03 Å². The van der Waals surface area contributed by atoms with Gasteiger partial charge in [-0.2, -0.15) is 0 Å². The zero-order valence-corrected chi connectivity index (χ0v) is 17.4. The molecule has 3 amide bonds. The molecule has 0 spiro atoms. The molecule has 1 aliphatic heterocycles. The molecule has 3 aromatic carbocycles. The van der Waals surface area contributed by atoms with Crippen LogP contribution < -0.4 is 10.6 Å². The summed E-state index contributed by atoms with van der Waals surface area (Å²) in [4.78, 5) is 26.2. The van der Waals surface area contributed by atoms with Crippen LogP contribution in [0.3, 0.4) is 0 Å². The molecule has 1 aliphatic carbocycles. The minimum atomic E-state index is -0.226. The van der Waals surface area contributed by atoms with Gasteiger partial charge in [0.05, 0.1) is 0 Å². The average Bonchev–Trinajstić information content (AvgIpc) is 3.35. The Balaban J connectivity index is 1.18. The molecule has 5 nitrogen and oxygen atoms in total. The lowest BCUT2D eigenvalue weighted by Crippen LogP contribution is -2.28. The number of urea groups is 1. The van der Waals surface area contributed by atoms with Gasteiger partial charge in [-0.1, -0.05) is 54.6 Å². The molecule has 5 rings (SSSR count). The summed E-state index contributed by atoms with van der Waals surface area (Å²) in [7, 11) is 0. The molecule has 3 aromatic rings. The Hall–Kier alpha value is -3.60. The van der Waals surface area contributed by atoms with Crippen molar-refractivity contribution in [3.05, 3.63) is 89.0 Å². The van der Waals surface area contributed by atoms with E-state index in [1.54, 1.807) is 0 Å². The molecular formula is C26H25N3O2. The second kappa shape index (κ2) is 8.26. The van der Waals surface area contributed by atoms with Crippen molar-refractivity contribution in [2.45, 2.75) is 32.4 Å². The fraction of sp³-hybridized carbons (Fsp3) is 0.231. The molecule has 0 radical (unpaired) electrons. The van der Waals surface area contributed by atoms with E-state index in [2.05, 4.69) is 53.1 Å². The monoisotopic (exact) mass is 411 g/mol. The summed E-state index contributed by atoms with van der Waals surface area (Å²) < 4.78 is 0. The van der Waals surface area contributed by atoms with Crippen molar-refractivity contribution < 1.29 is 9.59 Å². The van der Waals surface area contributed by atoms with Crippen LogP contribution in [0, 0.1) is 0 Å². The highest BCUT2D eigenvalue weighted by Gasteiger charge is 2.20. The van der Waals surface area contributed by atoms with Crippen LogP contribution in [0.5, 0.6) is 0 Å². The predicted molar refractivity (Wildman–Crippen MR) is 122 cm³/mol. The molecule has 156 valence electrons. The third-order valence-electron chi connectivity index (χ3n) is 6.04. The summed E-state index contributed by atoms with van der Waals surface area (Å²) in [5.74, 6) is 0.223. The predicted octanol–water partition coefficient (Wildman–Crippen LogP) is 4.70.